The minimum atomic E-state index is -4.43. The molecule has 1 aromatic heterocycles. The van der Waals surface area contributed by atoms with Gasteiger partial charge in [-0.25, -0.2) is 9.37 Å². The Hall–Kier alpha value is -1.06. The third-order valence-electron chi connectivity index (χ3n) is 2.16. The molecule has 17 heavy (non-hydrogen) atoms. The molecule has 0 aliphatic heterocycles. The van der Waals surface area contributed by atoms with Crippen molar-refractivity contribution in [3.05, 3.63) is 21.5 Å². The summed E-state index contributed by atoms with van der Waals surface area (Å²) in [6.45, 7) is -1.28. The minimum absolute atomic E-state index is 0.0396. The summed E-state index contributed by atoms with van der Waals surface area (Å²) < 4.78 is 51.3. The molecule has 1 aromatic carbocycles. The van der Waals surface area contributed by atoms with Crippen LogP contribution in [0, 0.1) is 9.39 Å². The smallest absolute Gasteiger partial charge is 0.369 e. The van der Waals surface area contributed by atoms with Gasteiger partial charge in [0.2, 0.25) is 5.95 Å². The third kappa shape index (κ3) is 2.45. The van der Waals surface area contributed by atoms with Crippen LogP contribution in [0.15, 0.2) is 12.1 Å². The lowest BCUT2D eigenvalue weighted by Gasteiger charge is -2.09. The minimum Gasteiger partial charge on any atom is -0.369 e. The molecule has 0 bridgehead atoms. The fourth-order valence-electron chi connectivity index (χ4n) is 1.48. The number of nitrogen functional groups attached to an aromatic ring is 1. The van der Waals surface area contributed by atoms with Gasteiger partial charge in [-0.2, -0.15) is 13.2 Å². The lowest BCUT2D eigenvalue weighted by Crippen LogP contribution is -2.19. The van der Waals surface area contributed by atoms with E-state index in [4.69, 9.17) is 5.73 Å². The summed E-state index contributed by atoms with van der Waals surface area (Å²) in [5.74, 6) is -0.875. The molecule has 0 aliphatic carbocycles. The molecule has 2 N–H and O–H groups in total. The van der Waals surface area contributed by atoms with Crippen LogP contribution in [-0.2, 0) is 6.54 Å². The summed E-state index contributed by atoms with van der Waals surface area (Å²) >= 11 is 1.73. The average molecular weight is 359 g/mol. The Morgan fingerprint density at radius 1 is 1.35 bits per heavy atom. The first-order valence-corrected chi connectivity index (χ1v) is 5.53. The van der Waals surface area contributed by atoms with Gasteiger partial charge in [0.05, 0.1) is 14.6 Å². The Bertz CT molecular complexity index is 576. The molecule has 0 fully saturated rings. The van der Waals surface area contributed by atoms with Crippen LogP contribution in [0.5, 0.6) is 0 Å². The van der Waals surface area contributed by atoms with Gasteiger partial charge in [0.15, 0.2) is 0 Å². The summed E-state index contributed by atoms with van der Waals surface area (Å²) in [6.07, 6.45) is -4.43. The van der Waals surface area contributed by atoms with Crippen LogP contribution in [0.4, 0.5) is 23.5 Å². The van der Waals surface area contributed by atoms with Gasteiger partial charge in [0, 0.05) is 6.07 Å². The van der Waals surface area contributed by atoms with Crippen LogP contribution in [0.25, 0.3) is 11.0 Å². The molecule has 0 amide bonds. The van der Waals surface area contributed by atoms with E-state index < -0.39 is 18.5 Å². The Morgan fingerprint density at radius 2 is 2.00 bits per heavy atom. The van der Waals surface area contributed by atoms with Crippen LogP contribution in [-0.4, -0.2) is 15.7 Å². The number of aromatic nitrogens is 2. The SMILES string of the molecule is Nc1nc2cc(I)c(F)cc2n1CC(F)(F)F. The highest BCUT2D eigenvalue weighted by atomic mass is 127. The van der Waals surface area contributed by atoms with E-state index in [0.717, 1.165) is 10.6 Å². The van der Waals surface area contributed by atoms with Crippen LogP contribution < -0.4 is 5.73 Å². The Kier molecular flexibility index (Phi) is 2.92. The predicted molar refractivity (Wildman–Crippen MR) is 62.9 cm³/mol. The van der Waals surface area contributed by atoms with E-state index >= 15 is 0 Å². The van der Waals surface area contributed by atoms with E-state index in [1.807, 2.05) is 0 Å². The molecule has 0 atom stereocenters. The summed E-state index contributed by atoms with van der Waals surface area (Å²) in [5.41, 5.74) is 5.67. The highest BCUT2D eigenvalue weighted by Gasteiger charge is 2.30. The zero-order valence-corrected chi connectivity index (χ0v) is 10.4. The maximum atomic E-state index is 13.3. The third-order valence-corrected chi connectivity index (χ3v) is 2.98. The molecule has 8 heteroatoms. The van der Waals surface area contributed by atoms with Crippen molar-refractivity contribution in [2.24, 2.45) is 0 Å². The summed E-state index contributed by atoms with van der Waals surface area (Å²) in [4.78, 5) is 3.77. The van der Waals surface area contributed by atoms with Gasteiger partial charge in [-0.3, -0.25) is 0 Å². The number of anilines is 1. The molecule has 0 radical (unpaired) electrons. The van der Waals surface area contributed by atoms with Crippen molar-refractivity contribution in [3.8, 4) is 0 Å². The second-order valence-electron chi connectivity index (χ2n) is 3.43. The van der Waals surface area contributed by atoms with Gasteiger partial charge in [-0.15, -0.1) is 0 Å². The maximum absolute atomic E-state index is 13.3. The largest absolute Gasteiger partial charge is 0.406 e. The summed E-state index contributed by atoms with van der Waals surface area (Å²) in [5, 5.41) is 0. The molecular weight excluding hydrogens is 353 g/mol. The number of rotatable bonds is 1. The van der Waals surface area contributed by atoms with Gasteiger partial charge in [0.1, 0.15) is 12.4 Å². The number of benzene rings is 1. The van der Waals surface area contributed by atoms with Crippen molar-refractivity contribution in [2.45, 2.75) is 12.7 Å². The van der Waals surface area contributed by atoms with E-state index in [1.54, 1.807) is 22.6 Å². The van der Waals surface area contributed by atoms with Crippen molar-refractivity contribution in [3.63, 3.8) is 0 Å². The number of fused-ring (bicyclic) bond motifs is 1. The lowest BCUT2D eigenvalue weighted by atomic mass is 10.3. The normalized spacial score (nSPS) is 12.3. The van der Waals surface area contributed by atoms with Crippen LogP contribution in [0.3, 0.4) is 0 Å². The van der Waals surface area contributed by atoms with E-state index in [-0.39, 0.29) is 20.6 Å². The first-order chi connectivity index (χ1) is 7.78. The van der Waals surface area contributed by atoms with Gasteiger partial charge in [-0.05, 0) is 28.7 Å². The number of halogens is 5. The molecule has 0 saturated heterocycles. The summed E-state index contributed by atoms with van der Waals surface area (Å²) in [6, 6.07) is 2.36. The highest BCUT2D eigenvalue weighted by Crippen LogP contribution is 2.26. The van der Waals surface area contributed by atoms with Crippen LogP contribution >= 0.6 is 22.6 Å². The average Bonchev–Trinajstić information content (AvgIpc) is 2.43. The molecule has 2 aromatic rings. The molecule has 92 valence electrons. The maximum Gasteiger partial charge on any atom is 0.406 e. The molecule has 0 spiro atoms. The van der Waals surface area contributed by atoms with E-state index in [2.05, 4.69) is 4.98 Å². The van der Waals surface area contributed by atoms with E-state index in [0.29, 0.717) is 0 Å². The Balaban J connectivity index is 2.63. The number of nitrogens with two attached hydrogens (primary N) is 1. The topological polar surface area (TPSA) is 43.8 Å². The summed E-state index contributed by atoms with van der Waals surface area (Å²) in [7, 11) is 0. The second-order valence-corrected chi connectivity index (χ2v) is 4.59. The monoisotopic (exact) mass is 359 g/mol. The Morgan fingerprint density at radius 3 is 2.59 bits per heavy atom. The van der Waals surface area contributed by atoms with Gasteiger partial charge >= 0.3 is 6.18 Å². The van der Waals surface area contributed by atoms with E-state index in [9.17, 15) is 17.6 Å². The fraction of sp³-hybridized carbons (Fsp3) is 0.222. The molecule has 2 rings (SSSR count). The number of hydrogen-bond donors (Lipinski definition) is 1. The first kappa shape index (κ1) is 12.4. The highest BCUT2D eigenvalue weighted by molar-refractivity contribution is 14.1. The number of nitrogens with zero attached hydrogens (tertiary/aromatic N) is 2. The van der Waals surface area contributed by atoms with Crippen LogP contribution in [0.1, 0.15) is 0 Å². The van der Waals surface area contributed by atoms with Crippen molar-refractivity contribution in [1.82, 2.24) is 9.55 Å². The van der Waals surface area contributed by atoms with Crippen molar-refractivity contribution < 1.29 is 17.6 Å². The fourth-order valence-corrected chi connectivity index (χ4v) is 1.93. The number of imidazole rings is 1. The zero-order chi connectivity index (χ0) is 12.8. The van der Waals surface area contributed by atoms with Gasteiger partial charge in [0.25, 0.3) is 0 Å². The lowest BCUT2D eigenvalue weighted by molar-refractivity contribution is -0.139. The molecule has 0 saturated carbocycles. The molecular formula is C9H6F4IN3. The predicted octanol–water partition coefficient (Wildman–Crippen LogP) is 2.92. The first-order valence-electron chi connectivity index (χ1n) is 4.45. The van der Waals surface area contributed by atoms with Crippen molar-refractivity contribution >= 4 is 39.6 Å². The van der Waals surface area contributed by atoms with Crippen molar-refractivity contribution in [1.29, 1.82) is 0 Å². The van der Waals surface area contributed by atoms with Gasteiger partial charge in [-0.1, -0.05) is 0 Å². The Labute approximate surface area is 107 Å². The standard InChI is InChI=1S/C9H6F4IN3/c10-4-1-7-6(2-5(4)14)16-8(15)17(7)3-9(11,12)13/h1-2H,3H2,(H2,15,16). The molecule has 0 unspecified atom stereocenters. The van der Waals surface area contributed by atoms with Crippen molar-refractivity contribution in [2.75, 3.05) is 5.73 Å². The zero-order valence-electron chi connectivity index (χ0n) is 8.22. The quantitative estimate of drug-likeness (QED) is 0.629. The number of alkyl halides is 3. The molecule has 0 aliphatic rings. The number of hydrogen-bond acceptors (Lipinski definition) is 2. The molecule has 1 heterocycles. The van der Waals surface area contributed by atoms with E-state index in [1.165, 1.54) is 6.07 Å². The van der Waals surface area contributed by atoms with Crippen LogP contribution in [0.2, 0.25) is 0 Å². The molecule has 3 nitrogen and oxygen atoms in total. The second kappa shape index (κ2) is 4.00. The van der Waals surface area contributed by atoms with Gasteiger partial charge < -0.3 is 10.3 Å².